The lowest BCUT2D eigenvalue weighted by Gasteiger charge is -2.07. The Labute approximate surface area is 67.3 Å². The van der Waals surface area contributed by atoms with Gasteiger partial charge in [0.15, 0.2) is 0 Å². The topological polar surface area (TPSA) is 64.7 Å². The number of ether oxygens (including phenoxy) is 2. The van der Waals surface area contributed by atoms with Crippen LogP contribution in [0, 0.1) is 0 Å². The number of nitrogens with two attached hydrogens (primary N) is 1. The van der Waals surface area contributed by atoms with Crippen LogP contribution in [0.5, 0.6) is 0 Å². The van der Waals surface area contributed by atoms with Gasteiger partial charge in [0.25, 0.3) is 0 Å². The summed E-state index contributed by atoms with van der Waals surface area (Å²) >= 11 is 0. The predicted molar refractivity (Wildman–Crippen MR) is 42.4 cm³/mol. The van der Waals surface area contributed by atoms with Crippen molar-refractivity contribution in [3.63, 3.8) is 0 Å². The Morgan fingerprint density at radius 1 is 1.36 bits per heavy atom. The van der Waals surface area contributed by atoms with Crippen molar-refractivity contribution in [2.24, 2.45) is 5.73 Å². The first-order valence-corrected chi connectivity index (χ1v) is 3.76. The molecule has 0 aromatic carbocycles. The van der Waals surface area contributed by atoms with E-state index in [1.165, 1.54) is 0 Å². The van der Waals surface area contributed by atoms with E-state index in [1.807, 2.05) is 0 Å². The van der Waals surface area contributed by atoms with Gasteiger partial charge in [0.1, 0.15) is 0 Å². The molecule has 0 saturated heterocycles. The van der Waals surface area contributed by atoms with E-state index in [0.29, 0.717) is 32.8 Å². The smallest absolute Gasteiger partial charge is 0.0700 e. The predicted octanol–water partition coefficient (Wildman–Crippen LogP) is -0.641. The van der Waals surface area contributed by atoms with E-state index in [-0.39, 0.29) is 0 Å². The SMILES string of the molecule is COCCOCCC(O)CN. The van der Waals surface area contributed by atoms with Gasteiger partial charge < -0.3 is 20.3 Å². The van der Waals surface area contributed by atoms with Crippen molar-refractivity contribution in [3.8, 4) is 0 Å². The van der Waals surface area contributed by atoms with E-state index in [1.54, 1.807) is 7.11 Å². The largest absolute Gasteiger partial charge is 0.392 e. The summed E-state index contributed by atoms with van der Waals surface area (Å²) in [7, 11) is 1.62. The molecule has 11 heavy (non-hydrogen) atoms. The molecule has 1 atom stereocenters. The molecule has 0 saturated carbocycles. The highest BCUT2D eigenvalue weighted by molar-refractivity contribution is 4.53. The van der Waals surface area contributed by atoms with Gasteiger partial charge in [-0.3, -0.25) is 0 Å². The molecule has 4 heteroatoms. The second-order valence-corrected chi connectivity index (χ2v) is 2.28. The van der Waals surface area contributed by atoms with E-state index in [9.17, 15) is 0 Å². The molecule has 0 heterocycles. The molecular weight excluding hydrogens is 146 g/mol. The molecular formula is C7H17NO3. The van der Waals surface area contributed by atoms with Crippen LogP contribution in [-0.4, -0.2) is 44.7 Å². The molecule has 0 rings (SSSR count). The van der Waals surface area contributed by atoms with Crippen LogP contribution in [0.2, 0.25) is 0 Å². The van der Waals surface area contributed by atoms with Crippen molar-refractivity contribution in [2.75, 3.05) is 33.5 Å². The van der Waals surface area contributed by atoms with Crippen molar-refractivity contribution in [1.29, 1.82) is 0 Å². The fraction of sp³-hybridized carbons (Fsp3) is 1.00. The molecule has 0 radical (unpaired) electrons. The maximum atomic E-state index is 8.98. The molecule has 0 aliphatic rings. The minimum absolute atomic E-state index is 0.299. The standard InChI is InChI=1S/C7H17NO3/c1-10-4-5-11-3-2-7(9)6-8/h7,9H,2-6,8H2,1H3. The summed E-state index contributed by atoms with van der Waals surface area (Å²) in [6.07, 6.45) is 0.165. The number of hydrogen-bond donors (Lipinski definition) is 2. The zero-order chi connectivity index (χ0) is 8.53. The molecule has 0 aromatic heterocycles. The zero-order valence-corrected chi connectivity index (χ0v) is 6.95. The number of hydrogen-bond acceptors (Lipinski definition) is 4. The first kappa shape index (κ1) is 10.8. The summed E-state index contributed by atoms with van der Waals surface area (Å²) in [5, 5.41) is 8.98. The van der Waals surface area contributed by atoms with Crippen LogP contribution in [0.1, 0.15) is 6.42 Å². The van der Waals surface area contributed by atoms with E-state index >= 15 is 0 Å². The maximum Gasteiger partial charge on any atom is 0.0700 e. The minimum Gasteiger partial charge on any atom is -0.392 e. The molecule has 0 bridgehead atoms. The molecule has 0 aliphatic carbocycles. The summed E-state index contributed by atoms with van der Waals surface area (Å²) in [6, 6.07) is 0. The summed E-state index contributed by atoms with van der Waals surface area (Å²) in [5.41, 5.74) is 5.18. The number of rotatable bonds is 7. The fourth-order valence-corrected chi connectivity index (χ4v) is 0.582. The highest BCUT2D eigenvalue weighted by Crippen LogP contribution is 1.89. The second-order valence-electron chi connectivity index (χ2n) is 2.28. The van der Waals surface area contributed by atoms with Gasteiger partial charge in [-0.05, 0) is 6.42 Å². The quantitative estimate of drug-likeness (QED) is 0.490. The Hall–Kier alpha value is -0.160. The molecule has 0 aromatic rings. The Morgan fingerprint density at radius 3 is 2.64 bits per heavy atom. The van der Waals surface area contributed by atoms with E-state index < -0.39 is 6.10 Å². The van der Waals surface area contributed by atoms with Crippen LogP contribution in [0.15, 0.2) is 0 Å². The molecule has 0 aliphatic heterocycles. The maximum absolute atomic E-state index is 8.98. The van der Waals surface area contributed by atoms with Crippen molar-refractivity contribution in [2.45, 2.75) is 12.5 Å². The van der Waals surface area contributed by atoms with Crippen molar-refractivity contribution < 1.29 is 14.6 Å². The summed E-state index contributed by atoms with van der Waals surface area (Å²) in [6.45, 7) is 2.02. The molecule has 4 nitrogen and oxygen atoms in total. The van der Waals surface area contributed by atoms with Gasteiger partial charge in [-0.15, -0.1) is 0 Å². The first-order valence-electron chi connectivity index (χ1n) is 3.76. The van der Waals surface area contributed by atoms with Crippen LogP contribution in [0.3, 0.4) is 0 Å². The third kappa shape index (κ3) is 7.74. The van der Waals surface area contributed by atoms with Gasteiger partial charge in [0.05, 0.1) is 19.3 Å². The highest BCUT2D eigenvalue weighted by atomic mass is 16.5. The van der Waals surface area contributed by atoms with Gasteiger partial charge in [-0.2, -0.15) is 0 Å². The number of aliphatic hydroxyl groups excluding tert-OH is 1. The van der Waals surface area contributed by atoms with E-state index in [0.717, 1.165) is 0 Å². The number of aliphatic hydroxyl groups is 1. The van der Waals surface area contributed by atoms with Crippen molar-refractivity contribution >= 4 is 0 Å². The lowest BCUT2D eigenvalue weighted by atomic mass is 10.3. The van der Waals surface area contributed by atoms with Crippen molar-refractivity contribution in [3.05, 3.63) is 0 Å². The van der Waals surface area contributed by atoms with Gasteiger partial charge in [0.2, 0.25) is 0 Å². The lowest BCUT2D eigenvalue weighted by Crippen LogP contribution is -2.21. The van der Waals surface area contributed by atoms with Crippen molar-refractivity contribution in [1.82, 2.24) is 0 Å². The third-order valence-electron chi connectivity index (χ3n) is 1.30. The molecule has 1 unspecified atom stereocenters. The van der Waals surface area contributed by atoms with Crippen LogP contribution >= 0.6 is 0 Å². The monoisotopic (exact) mass is 163 g/mol. The van der Waals surface area contributed by atoms with Gasteiger partial charge in [-0.25, -0.2) is 0 Å². The normalized spacial score (nSPS) is 13.4. The summed E-state index contributed by atoms with van der Waals surface area (Å²) in [5.74, 6) is 0. The van der Waals surface area contributed by atoms with Gasteiger partial charge in [0, 0.05) is 20.3 Å². The summed E-state index contributed by atoms with van der Waals surface area (Å²) < 4.78 is 9.87. The first-order chi connectivity index (χ1) is 5.31. The van der Waals surface area contributed by atoms with Crippen LogP contribution in [0.4, 0.5) is 0 Å². The van der Waals surface area contributed by atoms with E-state index in [4.69, 9.17) is 20.3 Å². The Kier molecular flexibility index (Phi) is 7.83. The Balaban J connectivity index is 2.89. The third-order valence-corrected chi connectivity index (χ3v) is 1.30. The second kappa shape index (κ2) is 7.94. The average Bonchev–Trinajstić information content (AvgIpc) is 2.04. The Morgan fingerprint density at radius 2 is 2.09 bits per heavy atom. The average molecular weight is 163 g/mol. The van der Waals surface area contributed by atoms with E-state index in [2.05, 4.69) is 0 Å². The van der Waals surface area contributed by atoms with Crippen LogP contribution < -0.4 is 5.73 Å². The number of methoxy groups -OCH3 is 1. The lowest BCUT2D eigenvalue weighted by molar-refractivity contribution is 0.0495. The fourth-order valence-electron chi connectivity index (χ4n) is 0.582. The minimum atomic E-state index is -0.433. The highest BCUT2D eigenvalue weighted by Gasteiger charge is 1.99. The molecule has 0 fully saturated rings. The zero-order valence-electron chi connectivity index (χ0n) is 6.95. The molecule has 68 valence electrons. The van der Waals surface area contributed by atoms with Gasteiger partial charge in [-0.1, -0.05) is 0 Å². The molecule has 0 spiro atoms. The van der Waals surface area contributed by atoms with Crippen LogP contribution in [-0.2, 0) is 9.47 Å². The molecule has 0 amide bonds. The summed E-state index contributed by atoms with van der Waals surface area (Å²) in [4.78, 5) is 0. The Bertz CT molecular complexity index is 80.1. The van der Waals surface area contributed by atoms with Gasteiger partial charge >= 0.3 is 0 Å². The molecule has 3 N–H and O–H groups in total. The van der Waals surface area contributed by atoms with Crippen LogP contribution in [0.25, 0.3) is 0 Å².